The van der Waals surface area contributed by atoms with Crippen LogP contribution in [0, 0.1) is 5.82 Å². The van der Waals surface area contributed by atoms with E-state index in [0.29, 0.717) is 43.6 Å². The molecule has 3 N–H and O–H groups in total. The van der Waals surface area contributed by atoms with Gasteiger partial charge in [0.05, 0.1) is 0 Å². The van der Waals surface area contributed by atoms with Gasteiger partial charge in [-0.1, -0.05) is 18.2 Å². The van der Waals surface area contributed by atoms with Crippen LogP contribution >= 0.6 is 0 Å². The van der Waals surface area contributed by atoms with E-state index < -0.39 is 23.8 Å². The minimum Gasteiger partial charge on any atom is -0.405 e. The van der Waals surface area contributed by atoms with Crippen LogP contribution in [-0.4, -0.2) is 38.4 Å². The summed E-state index contributed by atoms with van der Waals surface area (Å²) in [6.45, 7) is 2.60. The molecule has 0 aliphatic carbocycles. The van der Waals surface area contributed by atoms with Gasteiger partial charge in [0.25, 0.3) is 5.91 Å². The Balaban J connectivity index is 1.56. The maximum Gasteiger partial charge on any atom is 0.573 e. The molecule has 0 unspecified atom stereocenters. The Morgan fingerprint density at radius 2 is 1.55 bits per heavy atom. The Labute approximate surface area is 188 Å². The fourth-order valence-electron chi connectivity index (χ4n) is 3.93. The Hall–Kier alpha value is -3.17. The first-order valence-corrected chi connectivity index (χ1v) is 10.6. The summed E-state index contributed by atoms with van der Waals surface area (Å²) in [6.07, 6.45) is 0.0696. The molecule has 2 aromatic rings. The Morgan fingerprint density at radius 1 is 0.909 bits per heavy atom. The summed E-state index contributed by atoms with van der Waals surface area (Å²) in [6, 6.07) is 8.30. The zero-order valence-electron chi connectivity index (χ0n) is 17.7. The number of rotatable bonds is 5. The molecule has 1 amide bonds. The Bertz CT molecular complexity index is 1110. The summed E-state index contributed by atoms with van der Waals surface area (Å²) in [5.41, 5.74) is 2.54. The fraction of sp³-hybridized carbons (Fsp3) is 0.292. The van der Waals surface area contributed by atoms with Crippen LogP contribution in [0.25, 0.3) is 11.1 Å². The number of alkyl halides is 3. The van der Waals surface area contributed by atoms with Crippen molar-refractivity contribution < 1.29 is 27.1 Å². The summed E-state index contributed by atoms with van der Waals surface area (Å²) in [5, 5.41) is 8.79. The van der Waals surface area contributed by atoms with Crippen LogP contribution in [0.15, 0.2) is 48.6 Å². The quantitative estimate of drug-likeness (QED) is 0.564. The number of hydrogen-bond donors (Lipinski definition) is 3. The van der Waals surface area contributed by atoms with Crippen LogP contribution in [0.3, 0.4) is 0 Å². The van der Waals surface area contributed by atoms with Crippen molar-refractivity contribution in [3.05, 3.63) is 71.1 Å². The van der Waals surface area contributed by atoms with Gasteiger partial charge in [-0.25, -0.2) is 4.39 Å². The average molecular weight is 461 g/mol. The number of anilines is 1. The van der Waals surface area contributed by atoms with Crippen molar-refractivity contribution in [2.24, 2.45) is 0 Å². The number of benzene rings is 2. The molecule has 0 saturated carbocycles. The van der Waals surface area contributed by atoms with Crippen LogP contribution < -0.4 is 20.7 Å². The number of amides is 1. The molecule has 0 spiro atoms. The van der Waals surface area contributed by atoms with Crippen molar-refractivity contribution in [3.8, 4) is 5.75 Å². The van der Waals surface area contributed by atoms with Gasteiger partial charge in [-0.3, -0.25) is 4.79 Å². The molecular weight excluding hydrogens is 438 g/mol. The van der Waals surface area contributed by atoms with Crippen molar-refractivity contribution in [2.45, 2.75) is 19.2 Å². The largest absolute Gasteiger partial charge is 0.573 e. The number of nitrogens with one attached hydrogen (secondary N) is 3. The van der Waals surface area contributed by atoms with Gasteiger partial charge >= 0.3 is 6.36 Å². The first kappa shape index (κ1) is 23.0. The molecule has 2 heterocycles. The number of carbonyl (C=O) groups excluding carboxylic acids is 1. The van der Waals surface area contributed by atoms with E-state index in [9.17, 15) is 22.4 Å². The number of hydrogen-bond acceptors (Lipinski definition) is 4. The summed E-state index contributed by atoms with van der Waals surface area (Å²) >= 11 is 0. The summed E-state index contributed by atoms with van der Waals surface area (Å²) in [4.78, 5) is 12.7. The van der Waals surface area contributed by atoms with Crippen LogP contribution in [0.5, 0.6) is 5.75 Å². The van der Waals surface area contributed by atoms with Crippen LogP contribution in [0.2, 0.25) is 0 Å². The van der Waals surface area contributed by atoms with Crippen molar-refractivity contribution in [1.29, 1.82) is 0 Å². The third-order valence-electron chi connectivity index (χ3n) is 5.52. The summed E-state index contributed by atoms with van der Waals surface area (Å²) < 4.78 is 57.9. The van der Waals surface area contributed by atoms with Gasteiger partial charge in [0, 0.05) is 41.5 Å². The molecule has 0 fully saturated rings. The highest BCUT2D eigenvalue weighted by molar-refractivity contribution is 6.04. The molecule has 0 aromatic heterocycles. The molecule has 9 heteroatoms. The highest BCUT2D eigenvalue weighted by atomic mass is 19.4. The van der Waals surface area contributed by atoms with Crippen LogP contribution in [0.4, 0.5) is 23.2 Å². The van der Waals surface area contributed by atoms with Gasteiger partial charge in [-0.2, -0.15) is 0 Å². The first-order valence-electron chi connectivity index (χ1n) is 10.6. The third-order valence-corrected chi connectivity index (χ3v) is 5.52. The van der Waals surface area contributed by atoms with E-state index in [4.69, 9.17) is 0 Å². The Kier molecular flexibility index (Phi) is 6.80. The van der Waals surface area contributed by atoms with E-state index >= 15 is 0 Å². The van der Waals surface area contributed by atoms with Crippen molar-refractivity contribution >= 4 is 22.7 Å². The standard InChI is InChI=1S/C24H23F4N3O2/c25-21-13-17(1-3-19(21)15-5-9-29-10-6-15)23(32)31-18-2-4-20(16-7-11-30-12-8-16)22(14-18)33-24(26,27)28/h1-5,7,13-14,29-30H,6,8-12H2,(H,31,32). The van der Waals surface area contributed by atoms with Crippen LogP contribution in [-0.2, 0) is 0 Å². The highest BCUT2D eigenvalue weighted by Gasteiger charge is 2.32. The predicted octanol–water partition coefficient (Wildman–Crippen LogP) is 4.73. The maximum atomic E-state index is 14.6. The van der Waals surface area contributed by atoms with Crippen molar-refractivity contribution in [2.75, 3.05) is 31.5 Å². The van der Waals surface area contributed by atoms with Crippen LogP contribution in [0.1, 0.15) is 34.3 Å². The van der Waals surface area contributed by atoms with Crippen molar-refractivity contribution in [3.63, 3.8) is 0 Å². The second-order valence-electron chi connectivity index (χ2n) is 7.77. The molecule has 2 aliphatic heterocycles. The lowest BCUT2D eigenvalue weighted by molar-refractivity contribution is -0.274. The zero-order chi connectivity index (χ0) is 23.4. The van der Waals surface area contributed by atoms with Gasteiger partial charge in [0.2, 0.25) is 0 Å². The number of carbonyl (C=O) groups is 1. The number of halogens is 4. The Morgan fingerprint density at radius 3 is 2.12 bits per heavy atom. The molecule has 0 bridgehead atoms. The molecular formula is C24H23F4N3O2. The van der Waals surface area contributed by atoms with E-state index in [1.807, 2.05) is 12.2 Å². The van der Waals surface area contributed by atoms with E-state index in [-0.39, 0.29) is 11.3 Å². The van der Waals surface area contributed by atoms with Gasteiger partial charge in [0.15, 0.2) is 0 Å². The maximum absolute atomic E-state index is 14.6. The molecule has 0 saturated heterocycles. The zero-order valence-corrected chi connectivity index (χ0v) is 17.7. The molecule has 0 radical (unpaired) electrons. The number of ether oxygens (including phenoxy) is 1. The SMILES string of the molecule is O=C(Nc1ccc(C2=CCNCC2)c(OC(F)(F)F)c1)c1ccc(C2=CCNCC2)c(F)c1. The summed E-state index contributed by atoms with van der Waals surface area (Å²) in [7, 11) is 0. The van der Waals surface area contributed by atoms with Gasteiger partial charge in [-0.15, -0.1) is 13.2 Å². The van der Waals surface area contributed by atoms with E-state index in [1.54, 1.807) is 6.07 Å². The second-order valence-corrected chi connectivity index (χ2v) is 7.77. The lowest BCUT2D eigenvalue weighted by atomic mass is 9.98. The molecule has 174 valence electrons. The topological polar surface area (TPSA) is 62.4 Å². The molecule has 33 heavy (non-hydrogen) atoms. The lowest BCUT2D eigenvalue weighted by Gasteiger charge is -2.19. The molecule has 4 rings (SSSR count). The van der Waals surface area contributed by atoms with E-state index in [0.717, 1.165) is 29.8 Å². The predicted molar refractivity (Wildman–Crippen MR) is 118 cm³/mol. The van der Waals surface area contributed by atoms with Gasteiger partial charge in [-0.05, 0) is 61.3 Å². The fourth-order valence-corrected chi connectivity index (χ4v) is 3.93. The normalized spacial score (nSPS) is 16.6. The smallest absolute Gasteiger partial charge is 0.405 e. The van der Waals surface area contributed by atoms with E-state index in [1.165, 1.54) is 18.2 Å². The first-order chi connectivity index (χ1) is 15.8. The monoisotopic (exact) mass is 461 g/mol. The van der Waals surface area contributed by atoms with E-state index in [2.05, 4.69) is 20.7 Å². The van der Waals surface area contributed by atoms with Gasteiger partial charge < -0.3 is 20.7 Å². The molecule has 5 nitrogen and oxygen atoms in total. The van der Waals surface area contributed by atoms with Crippen molar-refractivity contribution in [1.82, 2.24) is 10.6 Å². The highest BCUT2D eigenvalue weighted by Crippen LogP contribution is 2.35. The van der Waals surface area contributed by atoms with Gasteiger partial charge in [0.1, 0.15) is 11.6 Å². The minimum atomic E-state index is -4.88. The average Bonchev–Trinajstić information content (AvgIpc) is 2.79. The minimum absolute atomic E-state index is 0.0641. The second kappa shape index (κ2) is 9.76. The molecule has 2 aromatic carbocycles. The lowest BCUT2D eigenvalue weighted by Crippen LogP contribution is -2.22. The summed E-state index contributed by atoms with van der Waals surface area (Å²) in [5.74, 6) is -1.55. The molecule has 2 aliphatic rings. The molecule has 0 atom stereocenters. The third kappa shape index (κ3) is 5.80.